The van der Waals surface area contributed by atoms with Crippen molar-refractivity contribution < 1.29 is 14.3 Å². The number of carbonyl (C=O) groups is 2. The number of carbonyl (C=O) groups excluding carboxylic acids is 2. The number of piperidine rings is 1. The molecule has 0 aromatic heterocycles. The van der Waals surface area contributed by atoms with Gasteiger partial charge in [0.2, 0.25) is 0 Å². The lowest BCUT2D eigenvalue weighted by Crippen LogP contribution is -2.42. The van der Waals surface area contributed by atoms with Crippen molar-refractivity contribution in [3.63, 3.8) is 0 Å². The SMILES string of the molecule is CCOC(=O)N1CCC(CN2CCC(NC3=CCCCC3CC=O)C2)CC1. The van der Waals surface area contributed by atoms with Crippen molar-refractivity contribution in [1.82, 2.24) is 15.1 Å². The van der Waals surface area contributed by atoms with Crippen molar-refractivity contribution in [3.8, 4) is 0 Å². The smallest absolute Gasteiger partial charge is 0.409 e. The number of allylic oxidation sites excluding steroid dienone is 2. The maximum absolute atomic E-state index is 11.8. The number of hydrogen-bond acceptors (Lipinski definition) is 5. The molecule has 3 rings (SSSR count). The lowest BCUT2D eigenvalue weighted by Gasteiger charge is -2.33. The maximum Gasteiger partial charge on any atom is 0.409 e. The fourth-order valence-corrected chi connectivity index (χ4v) is 4.71. The van der Waals surface area contributed by atoms with E-state index in [2.05, 4.69) is 16.3 Å². The lowest BCUT2D eigenvalue weighted by atomic mass is 9.89. The second kappa shape index (κ2) is 10.1. The van der Waals surface area contributed by atoms with E-state index in [0.29, 0.717) is 30.9 Å². The van der Waals surface area contributed by atoms with Gasteiger partial charge in [0.1, 0.15) is 6.29 Å². The van der Waals surface area contributed by atoms with Crippen LogP contribution in [0.15, 0.2) is 11.8 Å². The van der Waals surface area contributed by atoms with Crippen molar-refractivity contribution in [2.45, 2.75) is 57.9 Å². The third kappa shape index (κ3) is 5.71. The zero-order valence-electron chi connectivity index (χ0n) is 16.7. The minimum absolute atomic E-state index is 0.160. The Kier molecular flexibility index (Phi) is 7.56. The standard InChI is InChI=1S/C21H35N3O3/c1-2-27-21(26)24-12-7-17(8-13-24)15-23-11-9-19(16-23)22-20-6-4-3-5-18(20)10-14-25/h6,14,17-19,22H,2-5,7-13,15-16H2,1H3. The van der Waals surface area contributed by atoms with Gasteiger partial charge in [0.05, 0.1) is 6.61 Å². The molecule has 0 radical (unpaired) electrons. The van der Waals surface area contributed by atoms with E-state index in [0.717, 1.165) is 64.7 Å². The quantitative estimate of drug-likeness (QED) is 0.691. The summed E-state index contributed by atoms with van der Waals surface area (Å²) in [5, 5.41) is 3.75. The van der Waals surface area contributed by atoms with Gasteiger partial charge in [-0.15, -0.1) is 0 Å². The highest BCUT2D eigenvalue weighted by Crippen LogP contribution is 2.27. The highest BCUT2D eigenvalue weighted by molar-refractivity contribution is 5.67. The van der Waals surface area contributed by atoms with E-state index in [9.17, 15) is 9.59 Å². The Morgan fingerprint density at radius 1 is 1.26 bits per heavy atom. The first-order valence-corrected chi connectivity index (χ1v) is 10.7. The van der Waals surface area contributed by atoms with Gasteiger partial charge in [-0.05, 0) is 51.4 Å². The molecule has 2 heterocycles. The number of ether oxygens (including phenoxy) is 1. The number of aldehydes is 1. The third-order valence-corrected chi connectivity index (χ3v) is 6.24. The van der Waals surface area contributed by atoms with E-state index < -0.39 is 0 Å². The molecule has 0 bridgehead atoms. The van der Waals surface area contributed by atoms with Crippen LogP contribution in [0.4, 0.5) is 4.79 Å². The molecular formula is C21H35N3O3. The number of rotatable bonds is 7. The van der Waals surface area contributed by atoms with Crippen LogP contribution < -0.4 is 5.32 Å². The molecule has 152 valence electrons. The fourth-order valence-electron chi connectivity index (χ4n) is 4.71. The first-order chi connectivity index (χ1) is 13.2. The average Bonchev–Trinajstić information content (AvgIpc) is 3.11. The topological polar surface area (TPSA) is 61.9 Å². The Hall–Kier alpha value is -1.56. The minimum Gasteiger partial charge on any atom is -0.450 e. The summed E-state index contributed by atoms with van der Waals surface area (Å²) in [5.74, 6) is 1.07. The summed E-state index contributed by atoms with van der Waals surface area (Å²) in [5.41, 5.74) is 1.31. The van der Waals surface area contributed by atoms with Crippen molar-refractivity contribution in [3.05, 3.63) is 11.8 Å². The molecule has 0 saturated carbocycles. The Morgan fingerprint density at radius 2 is 2.07 bits per heavy atom. The van der Waals surface area contributed by atoms with E-state index in [1.165, 1.54) is 18.5 Å². The summed E-state index contributed by atoms with van der Waals surface area (Å²) in [4.78, 5) is 27.2. The van der Waals surface area contributed by atoms with Gasteiger partial charge in [0.25, 0.3) is 0 Å². The van der Waals surface area contributed by atoms with E-state index in [1.807, 2.05) is 11.8 Å². The van der Waals surface area contributed by atoms with E-state index >= 15 is 0 Å². The number of amides is 1. The molecule has 0 spiro atoms. The van der Waals surface area contributed by atoms with Gasteiger partial charge in [0.15, 0.2) is 0 Å². The first-order valence-electron chi connectivity index (χ1n) is 10.7. The number of hydrogen-bond donors (Lipinski definition) is 1. The molecule has 0 aromatic carbocycles. The largest absolute Gasteiger partial charge is 0.450 e. The van der Waals surface area contributed by atoms with Crippen LogP contribution in [-0.2, 0) is 9.53 Å². The number of nitrogens with zero attached hydrogens (tertiary/aromatic N) is 2. The Balaban J connectivity index is 1.39. The molecule has 2 saturated heterocycles. The molecule has 6 heteroatoms. The van der Waals surface area contributed by atoms with Gasteiger partial charge in [-0.3, -0.25) is 0 Å². The number of likely N-dealkylation sites (tertiary alicyclic amines) is 2. The van der Waals surface area contributed by atoms with Crippen LogP contribution in [0, 0.1) is 11.8 Å². The highest BCUT2D eigenvalue weighted by atomic mass is 16.6. The van der Waals surface area contributed by atoms with Crippen molar-refractivity contribution in [2.75, 3.05) is 39.3 Å². The van der Waals surface area contributed by atoms with Gasteiger partial charge < -0.3 is 24.6 Å². The van der Waals surface area contributed by atoms with Gasteiger partial charge in [0, 0.05) is 56.8 Å². The molecule has 2 unspecified atom stereocenters. The van der Waals surface area contributed by atoms with Gasteiger partial charge >= 0.3 is 6.09 Å². The van der Waals surface area contributed by atoms with Gasteiger partial charge in [-0.25, -0.2) is 4.79 Å². The molecule has 0 aromatic rings. The Morgan fingerprint density at radius 3 is 2.81 bits per heavy atom. The molecular weight excluding hydrogens is 342 g/mol. The zero-order chi connectivity index (χ0) is 19.1. The van der Waals surface area contributed by atoms with Crippen LogP contribution in [0.25, 0.3) is 0 Å². The van der Waals surface area contributed by atoms with Crippen LogP contribution >= 0.6 is 0 Å². The predicted molar refractivity (Wildman–Crippen MR) is 105 cm³/mol. The van der Waals surface area contributed by atoms with Crippen LogP contribution in [0.5, 0.6) is 0 Å². The van der Waals surface area contributed by atoms with E-state index in [-0.39, 0.29) is 6.09 Å². The average molecular weight is 378 g/mol. The molecule has 27 heavy (non-hydrogen) atoms. The van der Waals surface area contributed by atoms with Crippen LogP contribution in [0.2, 0.25) is 0 Å². The molecule has 2 aliphatic heterocycles. The molecule has 1 amide bonds. The second-order valence-corrected chi connectivity index (χ2v) is 8.21. The predicted octanol–water partition coefficient (Wildman–Crippen LogP) is 2.79. The normalized spacial score (nSPS) is 27.3. The summed E-state index contributed by atoms with van der Waals surface area (Å²) in [6, 6.07) is 0.503. The molecule has 1 aliphatic carbocycles. The lowest BCUT2D eigenvalue weighted by molar-refractivity contribution is -0.108. The van der Waals surface area contributed by atoms with Crippen molar-refractivity contribution >= 4 is 12.4 Å². The summed E-state index contributed by atoms with van der Waals surface area (Å²) in [6.07, 6.45) is 10.6. The zero-order valence-corrected chi connectivity index (χ0v) is 16.7. The molecule has 2 fully saturated rings. The van der Waals surface area contributed by atoms with Gasteiger partial charge in [-0.2, -0.15) is 0 Å². The molecule has 6 nitrogen and oxygen atoms in total. The highest BCUT2D eigenvalue weighted by Gasteiger charge is 2.29. The summed E-state index contributed by atoms with van der Waals surface area (Å²) in [7, 11) is 0. The van der Waals surface area contributed by atoms with Crippen LogP contribution in [-0.4, -0.2) is 67.6 Å². The Bertz CT molecular complexity index is 529. The van der Waals surface area contributed by atoms with E-state index in [4.69, 9.17) is 4.74 Å². The third-order valence-electron chi connectivity index (χ3n) is 6.24. The number of nitrogens with one attached hydrogen (secondary N) is 1. The molecule has 1 N–H and O–H groups in total. The summed E-state index contributed by atoms with van der Waals surface area (Å²) < 4.78 is 5.10. The molecule has 2 atom stereocenters. The maximum atomic E-state index is 11.8. The van der Waals surface area contributed by atoms with Crippen molar-refractivity contribution in [1.29, 1.82) is 0 Å². The van der Waals surface area contributed by atoms with E-state index in [1.54, 1.807) is 0 Å². The molecule has 3 aliphatic rings. The van der Waals surface area contributed by atoms with Crippen LogP contribution in [0.3, 0.4) is 0 Å². The second-order valence-electron chi connectivity index (χ2n) is 8.21. The monoisotopic (exact) mass is 377 g/mol. The summed E-state index contributed by atoms with van der Waals surface area (Å²) >= 11 is 0. The minimum atomic E-state index is -0.160. The first kappa shape index (κ1) is 20.2. The fraction of sp³-hybridized carbons (Fsp3) is 0.810. The Labute approximate surface area is 163 Å². The van der Waals surface area contributed by atoms with Gasteiger partial charge in [-0.1, -0.05) is 6.08 Å². The van der Waals surface area contributed by atoms with Crippen molar-refractivity contribution in [2.24, 2.45) is 11.8 Å². The summed E-state index contributed by atoms with van der Waals surface area (Å²) in [6.45, 7) is 7.30. The van der Waals surface area contributed by atoms with Crippen LogP contribution in [0.1, 0.15) is 51.9 Å².